The van der Waals surface area contributed by atoms with Crippen molar-refractivity contribution in [2.75, 3.05) is 26.2 Å². The quantitative estimate of drug-likeness (QED) is 0.0566. The number of hydrogen-bond acceptors (Lipinski definition) is 6. The van der Waals surface area contributed by atoms with Crippen LogP contribution in [0.3, 0.4) is 0 Å². The molecule has 0 radical (unpaired) electrons. The third-order valence-corrected chi connectivity index (χ3v) is 8.75. The molecule has 1 N–H and O–H groups in total. The molecule has 0 saturated carbocycles. The lowest BCUT2D eigenvalue weighted by atomic mass is 10.0. The summed E-state index contributed by atoms with van der Waals surface area (Å²) in [6, 6.07) is 0. The Morgan fingerprint density at radius 3 is 1.48 bits per heavy atom. The molecule has 0 fully saturated rings. The van der Waals surface area contributed by atoms with Crippen LogP contribution in [-0.2, 0) is 19.1 Å². The Kier molecular flexibility index (Phi) is 32.4. The predicted molar refractivity (Wildman–Crippen MR) is 186 cm³/mol. The standard InChI is InChI=1S/C38H75NO5/c1-5-8-11-14-15-18-23-28-37(41)43-35(4)30-32-39(33-34-40)31-25-20-16-19-24-29-38(42)44-36(26-21-13-10-7-3)27-22-17-12-9-6-2/h35-36,40H,5-34H2,1-4H3. The van der Waals surface area contributed by atoms with E-state index in [0.29, 0.717) is 19.4 Å². The van der Waals surface area contributed by atoms with Gasteiger partial charge in [-0.25, -0.2) is 0 Å². The zero-order valence-electron chi connectivity index (χ0n) is 29.9. The molecule has 0 aromatic heterocycles. The molecule has 0 saturated heterocycles. The minimum Gasteiger partial charge on any atom is -0.463 e. The molecule has 262 valence electrons. The van der Waals surface area contributed by atoms with Crippen LogP contribution < -0.4 is 0 Å². The maximum Gasteiger partial charge on any atom is 0.306 e. The summed E-state index contributed by atoms with van der Waals surface area (Å²) in [6.45, 7) is 11.3. The second kappa shape index (κ2) is 33.2. The van der Waals surface area contributed by atoms with Gasteiger partial charge in [-0.05, 0) is 64.8 Å². The molecule has 0 amide bonds. The Morgan fingerprint density at radius 1 is 0.523 bits per heavy atom. The van der Waals surface area contributed by atoms with Crippen LogP contribution >= 0.6 is 0 Å². The predicted octanol–water partition coefficient (Wildman–Crippen LogP) is 10.3. The number of aliphatic hydroxyl groups excluding tert-OH is 1. The number of nitrogens with zero attached hydrogens (tertiary/aromatic N) is 1. The minimum atomic E-state index is -0.0926. The summed E-state index contributed by atoms with van der Waals surface area (Å²) in [6.07, 6.45) is 28.7. The van der Waals surface area contributed by atoms with Crippen LogP contribution in [0, 0.1) is 0 Å². The molecular weight excluding hydrogens is 550 g/mol. The largest absolute Gasteiger partial charge is 0.463 e. The van der Waals surface area contributed by atoms with Crippen molar-refractivity contribution in [1.29, 1.82) is 0 Å². The lowest BCUT2D eigenvalue weighted by molar-refractivity contribution is -0.150. The first-order valence-electron chi connectivity index (χ1n) is 19.2. The van der Waals surface area contributed by atoms with Crippen LogP contribution in [0.2, 0.25) is 0 Å². The Balaban J connectivity index is 4.06. The van der Waals surface area contributed by atoms with Crippen molar-refractivity contribution in [2.45, 2.75) is 207 Å². The second-order valence-electron chi connectivity index (χ2n) is 13.2. The number of aliphatic hydroxyl groups is 1. The Bertz CT molecular complexity index is 628. The van der Waals surface area contributed by atoms with Crippen LogP contribution in [0.4, 0.5) is 0 Å². The molecule has 0 aliphatic carbocycles. The van der Waals surface area contributed by atoms with E-state index < -0.39 is 0 Å². The highest BCUT2D eigenvalue weighted by atomic mass is 16.5. The minimum absolute atomic E-state index is 0.00889. The molecule has 0 aliphatic rings. The summed E-state index contributed by atoms with van der Waals surface area (Å²) < 4.78 is 11.6. The van der Waals surface area contributed by atoms with Gasteiger partial charge >= 0.3 is 11.9 Å². The van der Waals surface area contributed by atoms with Crippen molar-refractivity contribution in [2.24, 2.45) is 0 Å². The smallest absolute Gasteiger partial charge is 0.306 e. The molecule has 0 heterocycles. The van der Waals surface area contributed by atoms with Crippen molar-refractivity contribution in [3.05, 3.63) is 0 Å². The zero-order valence-corrected chi connectivity index (χ0v) is 29.9. The van der Waals surface area contributed by atoms with Crippen molar-refractivity contribution >= 4 is 11.9 Å². The molecule has 0 rings (SSSR count). The second-order valence-corrected chi connectivity index (χ2v) is 13.2. The fraction of sp³-hybridized carbons (Fsp3) is 0.947. The van der Waals surface area contributed by atoms with Gasteiger partial charge in [0.25, 0.3) is 0 Å². The topological polar surface area (TPSA) is 76.1 Å². The first-order valence-corrected chi connectivity index (χ1v) is 19.2. The van der Waals surface area contributed by atoms with Crippen LogP contribution in [0.1, 0.15) is 195 Å². The summed E-state index contributed by atoms with van der Waals surface area (Å²) in [4.78, 5) is 27.0. The maximum atomic E-state index is 12.5. The van der Waals surface area contributed by atoms with Gasteiger partial charge < -0.3 is 19.5 Å². The monoisotopic (exact) mass is 626 g/mol. The van der Waals surface area contributed by atoms with Crippen molar-refractivity contribution < 1.29 is 24.2 Å². The van der Waals surface area contributed by atoms with E-state index in [1.807, 2.05) is 6.92 Å². The highest BCUT2D eigenvalue weighted by Gasteiger charge is 2.15. The van der Waals surface area contributed by atoms with Gasteiger partial charge in [0.05, 0.1) is 6.61 Å². The van der Waals surface area contributed by atoms with Gasteiger partial charge in [-0.1, -0.05) is 124 Å². The van der Waals surface area contributed by atoms with E-state index in [4.69, 9.17) is 9.47 Å². The van der Waals surface area contributed by atoms with Crippen LogP contribution in [0.25, 0.3) is 0 Å². The molecule has 0 spiro atoms. The van der Waals surface area contributed by atoms with E-state index in [-0.39, 0.29) is 30.8 Å². The van der Waals surface area contributed by atoms with Gasteiger partial charge in [0, 0.05) is 25.9 Å². The fourth-order valence-corrected chi connectivity index (χ4v) is 5.83. The molecular formula is C38H75NO5. The van der Waals surface area contributed by atoms with Crippen LogP contribution in [0.5, 0.6) is 0 Å². The van der Waals surface area contributed by atoms with Crippen molar-refractivity contribution in [1.82, 2.24) is 4.90 Å². The highest BCUT2D eigenvalue weighted by molar-refractivity contribution is 5.69. The fourth-order valence-electron chi connectivity index (χ4n) is 5.83. The van der Waals surface area contributed by atoms with Crippen LogP contribution in [-0.4, -0.2) is 60.4 Å². The lowest BCUT2D eigenvalue weighted by Crippen LogP contribution is -2.31. The van der Waals surface area contributed by atoms with Crippen LogP contribution in [0.15, 0.2) is 0 Å². The highest BCUT2D eigenvalue weighted by Crippen LogP contribution is 2.18. The summed E-state index contributed by atoms with van der Waals surface area (Å²) >= 11 is 0. The summed E-state index contributed by atoms with van der Waals surface area (Å²) in [5.74, 6) is -0.0843. The average molecular weight is 626 g/mol. The van der Waals surface area contributed by atoms with E-state index in [1.165, 1.54) is 83.5 Å². The van der Waals surface area contributed by atoms with Gasteiger partial charge in [0.2, 0.25) is 0 Å². The number of rotatable bonds is 34. The number of carbonyl (C=O) groups excluding carboxylic acids is 2. The average Bonchev–Trinajstić information content (AvgIpc) is 3.00. The number of carbonyl (C=O) groups is 2. The first kappa shape index (κ1) is 42.9. The molecule has 2 unspecified atom stereocenters. The molecule has 44 heavy (non-hydrogen) atoms. The van der Waals surface area contributed by atoms with E-state index in [1.54, 1.807) is 0 Å². The van der Waals surface area contributed by atoms with Gasteiger partial charge in [0.1, 0.15) is 12.2 Å². The summed E-state index contributed by atoms with van der Waals surface area (Å²) in [5.41, 5.74) is 0. The lowest BCUT2D eigenvalue weighted by Gasteiger charge is -2.23. The van der Waals surface area contributed by atoms with E-state index >= 15 is 0 Å². The summed E-state index contributed by atoms with van der Waals surface area (Å²) in [5, 5.41) is 9.51. The Labute approximate surface area is 273 Å². The molecule has 0 aromatic carbocycles. The first-order chi connectivity index (χ1) is 21.5. The Hall–Kier alpha value is -1.14. The maximum absolute atomic E-state index is 12.5. The molecule has 0 bridgehead atoms. The van der Waals surface area contributed by atoms with E-state index in [2.05, 4.69) is 25.7 Å². The summed E-state index contributed by atoms with van der Waals surface area (Å²) in [7, 11) is 0. The van der Waals surface area contributed by atoms with Gasteiger partial charge in [-0.2, -0.15) is 0 Å². The van der Waals surface area contributed by atoms with Crippen molar-refractivity contribution in [3.8, 4) is 0 Å². The normalized spacial score (nSPS) is 12.9. The van der Waals surface area contributed by atoms with Gasteiger partial charge in [0.15, 0.2) is 0 Å². The number of hydrogen-bond donors (Lipinski definition) is 1. The number of esters is 2. The molecule has 2 atom stereocenters. The number of unbranched alkanes of at least 4 members (excludes halogenated alkanes) is 17. The SMILES string of the molecule is CCCCCCCCCC(=O)OC(C)CCN(CCO)CCCCCCCC(=O)OC(CCCCCC)CCCCCCC. The number of ether oxygens (including phenoxy) is 2. The van der Waals surface area contributed by atoms with Gasteiger partial charge in [-0.15, -0.1) is 0 Å². The molecule has 6 nitrogen and oxygen atoms in total. The molecule has 0 aliphatic heterocycles. The van der Waals surface area contributed by atoms with E-state index in [9.17, 15) is 14.7 Å². The molecule has 6 heteroatoms. The Morgan fingerprint density at radius 2 is 0.955 bits per heavy atom. The van der Waals surface area contributed by atoms with Gasteiger partial charge in [-0.3, -0.25) is 9.59 Å². The molecule has 0 aromatic rings. The third kappa shape index (κ3) is 29.6. The third-order valence-electron chi connectivity index (χ3n) is 8.75. The van der Waals surface area contributed by atoms with E-state index in [0.717, 1.165) is 83.7 Å². The van der Waals surface area contributed by atoms with Crippen molar-refractivity contribution in [3.63, 3.8) is 0 Å². The zero-order chi connectivity index (χ0) is 32.5.